The van der Waals surface area contributed by atoms with Crippen LogP contribution in [0, 0.1) is 0 Å². The molecule has 0 aliphatic heterocycles. The van der Waals surface area contributed by atoms with Crippen molar-refractivity contribution >= 4 is 18.0 Å². The topological polar surface area (TPSA) is 120 Å². The maximum atomic E-state index is 11.7. The first-order valence-corrected chi connectivity index (χ1v) is 5.84. The molecule has 0 aliphatic rings. The monoisotopic (exact) mass is 281 g/mol. The average molecular weight is 281 g/mol. The highest BCUT2D eigenvalue weighted by Crippen LogP contribution is 1.97. The smallest absolute Gasteiger partial charge is 0.323 e. The lowest BCUT2D eigenvalue weighted by Gasteiger charge is -2.19. The van der Waals surface area contributed by atoms with Crippen molar-refractivity contribution in [3.8, 4) is 0 Å². The van der Waals surface area contributed by atoms with Crippen LogP contribution >= 0.6 is 0 Å². The Bertz CT molecular complexity index is 461. The molecule has 2 amide bonds. The van der Waals surface area contributed by atoms with Gasteiger partial charge in [-0.15, -0.1) is 0 Å². The zero-order chi connectivity index (χ0) is 15.0. The fourth-order valence-corrected chi connectivity index (χ4v) is 1.50. The van der Waals surface area contributed by atoms with Crippen molar-refractivity contribution in [2.75, 3.05) is 19.6 Å². The molecule has 0 unspecified atom stereocenters. The second kappa shape index (κ2) is 7.72. The lowest BCUT2D eigenvalue weighted by atomic mass is 10.2. The molecule has 8 nitrogen and oxygen atoms in total. The SMILES string of the molecule is O=C(O)CN(CC(=O)O)C(=O)NCCc1ccncc1. The van der Waals surface area contributed by atoms with Crippen LogP contribution < -0.4 is 5.32 Å². The number of hydrogen-bond acceptors (Lipinski definition) is 4. The number of carboxylic acid groups (broad SMARTS) is 2. The molecule has 1 aromatic heterocycles. The minimum atomic E-state index is -1.27. The van der Waals surface area contributed by atoms with Crippen LogP contribution in [0.15, 0.2) is 24.5 Å². The molecule has 0 bridgehead atoms. The van der Waals surface area contributed by atoms with Gasteiger partial charge in [0.25, 0.3) is 0 Å². The zero-order valence-corrected chi connectivity index (χ0v) is 10.7. The van der Waals surface area contributed by atoms with E-state index in [0.29, 0.717) is 6.42 Å². The highest BCUT2D eigenvalue weighted by molar-refractivity contribution is 5.84. The van der Waals surface area contributed by atoms with Crippen LogP contribution in [0.4, 0.5) is 4.79 Å². The first-order chi connectivity index (χ1) is 9.49. The van der Waals surface area contributed by atoms with Crippen molar-refractivity contribution in [3.63, 3.8) is 0 Å². The predicted molar refractivity (Wildman–Crippen MR) is 68.2 cm³/mol. The molecule has 0 aromatic carbocycles. The molecule has 0 fully saturated rings. The molecule has 0 saturated carbocycles. The minimum Gasteiger partial charge on any atom is -0.480 e. The van der Waals surface area contributed by atoms with Crippen molar-refractivity contribution in [1.82, 2.24) is 15.2 Å². The second-order valence-corrected chi connectivity index (χ2v) is 3.98. The molecule has 0 spiro atoms. The molecule has 8 heteroatoms. The van der Waals surface area contributed by atoms with E-state index in [2.05, 4.69) is 10.3 Å². The number of rotatable bonds is 7. The molecule has 1 rings (SSSR count). The van der Waals surface area contributed by atoms with E-state index in [4.69, 9.17) is 10.2 Å². The summed E-state index contributed by atoms with van der Waals surface area (Å²) in [4.78, 5) is 37.4. The van der Waals surface area contributed by atoms with Gasteiger partial charge in [0.15, 0.2) is 0 Å². The van der Waals surface area contributed by atoms with E-state index < -0.39 is 31.1 Å². The lowest BCUT2D eigenvalue weighted by Crippen LogP contribution is -2.45. The van der Waals surface area contributed by atoms with Crippen LogP contribution in [0.3, 0.4) is 0 Å². The van der Waals surface area contributed by atoms with Crippen molar-refractivity contribution in [2.45, 2.75) is 6.42 Å². The van der Waals surface area contributed by atoms with Gasteiger partial charge < -0.3 is 20.4 Å². The van der Waals surface area contributed by atoms with Gasteiger partial charge >= 0.3 is 18.0 Å². The highest BCUT2D eigenvalue weighted by Gasteiger charge is 2.18. The molecule has 0 aliphatic carbocycles. The molecule has 20 heavy (non-hydrogen) atoms. The van der Waals surface area contributed by atoms with Crippen LogP contribution in [-0.2, 0) is 16.0 Å². The third-order valence-electron chi connectivity index (χ3n) is 2.38. The van der Waals surface area contributed by atoms with Gasteiger partial charge in [0, 0.05) is 18.9 Å². The normalized spacial score (nSPS) is 9.80. The molecule has 0 saturated heterocycles. The van der Waals surface area contributed by atoms with Crippen molar-refractivity contribution in [1.29, 1.82) is 0 Å². The number of aliphatic carboxylic acids is 2. The summed E-state index contributed by atoms with van der Waals surface area (Å²) in [5.74, 6) is -2.54. The van der Waals surface area contributed by atoms with E-state index in [1.807, 2.05) is 0 Å². The van der Waals surface area contributed by atoms with E-state index in [1.54, 1.807) is 24.5 Å². The van der Waals surface area contributed by atoms with E-state index in [0.717, 1.165) is 10.5 Å². The summed E-state index contributed by atoms with van der Waals surface area (Å²) in [5, 5.41) is 19.7. The van der Waals surface area contributed by atoms with Crippen molar-refractivity contribution in [3.05, 3.63) is 30.1 Å². The van der Waals surface area contributed by atoms with Gasteiger partial charge in [-0.3, -0.25) is 14.6 Å². The number of nitrogens with one attached hydrogen (secondary N) is 1. The number of hydrogen-bond donors (Lipinski definition) is 3. The summed E-state index contributed by atoms with van der Waals surface area (Å²) in [6.07, 6.45) is 3.79. The fraction of sp³-hybridized carbons (Fsp3) is 0.333. The quantitative estimate of drug-likeness (QED) is 0.637. The number of aromatic nitrogens is 1. The van der Waals surface area contributed by atoms with Gasteiger partial charge in [0.05, 0.1) is 0 Å². The minimum absolute atomic E-state index is 0.276. The molecule has 0 radical (unpaired) electrons. The van der Waals surface area contributed by atoms with Crippen molar-refractivity contribution < 1.29 is 24.6 Å². The molecule has 3 N–H and O–H groups in total. The van der Waals surface area contributed by atoms with E-state index in [1.165, 1.54) is 0 Å². The number of amides is 2. The van der Waals surface area contributed by atoms with Crippen LogP contribution in [0.5, 0.6) is 0 Å². The highest BCUT2D eigenvalue weighted by atomic mass is 16.4. The van der Waals surface area contributed by atoms with Crippen molar-refractivity contribution in [2.24, 2.45) is 0 Å². The largest absolute Gasteiger partial charge is 0.480 e. The standard InChI is InChI=1S/C12H15N3O5/c16-10(17)7-15(8-11(18)19)12(20)14-6-3-9-1-4-13-5-2-9/h1-2,4-5H,3,6-8H2,(H,14,20)(H,16,17)(H,18,19). The summed E-state index contributed by atoms with van der Waals surface area (Å²) in [5.41, 5.74) is 0.961. The summed E-state index contributed by atoms with van der Waals surface area (Å²) in [7, 11) is 0. The first-order valence-electron chi connectivity index (χ1n) is 5.84. The van der Waals surface area contributed by atoms with E-state index >= 15 is 0 Å². The molecule has 0 atom stereocenters. The summed E-state index contributed by atoms with van der Waals surface area (Å²) < 4.78 is 0. The summed E-state index contributed by atoms with van der Waals surface area (Å²) >= 11 is 0. The molecule has 1 aromatic rings. The number of carbonyl (C=O) groups excluding carboxylic acids is 1. The van der Waals surface area contributed by atoms with E-state index in [-0.39, 0.29) is 6.54 Å². The Balaban J connectivity index is 2.45. The van der Waals surface area contributed by atoms with Gasteiger partial charge in [0.2, 0.25) is 0 Å². The van der Waals surface area contributed by atoms with Crippen LogP contribution in [0.2, 0.25) is 0 Å². The Morgan fingerprint density at radius 2 is 1.65 bits per heavy atom. The number of pyridine rings is 1. The number of nitrogens with zero attached hydrogens (tertiary/aromatic N) is 2. The van der Waals surface area contributed by atoms with Crippen LogP contribution in [0.25, 0.3) is 0 Å². The Morgan fingerprint density at radius 3 is 2.15 bits per heavy atom. The Hall–Kier alpha value is -2.64. The Morgan fingerprint density at radius 1 is 1.10 bits per heavy atom. The average Bonchev–Trinajstić information content (AvgIpc) is 2.38. The third kappa shape index (κ3) is 5.80. The molecular weight excluding hydrogens is 266 g/mol. The number of urea groups is 1. The third-order valence-corrected chi connectivity index (χ3v) is 2.38. The van der Waals surface area contributed by atoms with Crippen LogP contribution in [0.1, 0.15) is 5.56 Å². The summed E-state index contributed by atoms with van der Waals surface area (Å²) in [6.45, 7) is -1.04. The Labute approximate surface area is 115 Å². The summed E-state index contributed by atoms with van der Waals surface area (Å²) in [6, 6.07) is 2.86. The number of carboxylic acids is 2. The van der Waals surface area contributed by atoms with Crippen LogP contribution in [-0.4, -0.2) is 57.7 Å². The number of carbonyl (C=O) groups is 3. The lowest BCUT2D eigenvalue weighted by molar-refractivity contribution is -0.140. The molecule has 1 heterocycles. The van der Waals surface area contributed by atoms with Gasteiger partial charge in [-0.25, -0.2) is 4.79 Å². The van der Waals surface area contributed by atoms with Gasteiger partial charge in [0.1, 0.15) is 13.1 Å². The van der Waals surface area contributed by atoms with Gasteiger partial charge in [-0.2, -0.15) is 0 Å². The molecular formula is C12H15N3O5. The maximum Gasteiger partial charge on any atom is 0.323 e. The zero-order valence-electron chi connectivity index (χ0n) is 10.7. The maximum absolute atomic E-state index is 11.7. The first kappa shape index (κ1) is 15.4. The van der Waals surface area contributed by atoms with Gasteiger partial charge in [-0.05, 0) is 24.1 Å². The predicted octanol–water partition coefficient (Wildman–Crippen LogP) is -0.195. The van der Waals surface area contributed by atoms with Gasteiger partial charge in [-0.1, -0.05) is 0 Å². The second-order valence-electron chi connectivity index (χ2n) is 3.98. The fourth-order valence-electron chi connectivity index (χ4n) is 1.50. The van der Waals surface area contributed by atoms with E-state index in [9.17, 15) is 14.4 Å². The Kier molecular flexibility index (Phi) is 5.95. The molecule has 108 valence electrons.